The fourth-order valence-corrected chi connectivity index (χ4v) is 2.17. The monoisotopic (exact) mass is 384 g/mol. The number of benzene rings is 2. The van der Waals surface area contributed by atoms with Crippen LogP contribution in [-0.2, 0) is 0 Å². The Morgan fingerprint density at radius 2 is 1.35 bits per heavy atom. The van der Waals surface area contributed by atoms with Crippen LogP contribution in [0.4, 0.5) is 11.4 Å². The molecule has 0 unspecified atom stereocenters. The number of hydrazone groups is 2. The highest BCUT2D eigenvalue weighted by molar-refractivity contribution is 7.80. The average molecular weight is 385 g/mol. The molecule has 0 aliphatic rings. The average Bonchev–Trinajstić information content (AvgIpc) is 2.65. The van der Waals surface area contributed by atoms with Crippen molar-refractivity contribution in [3.63, 3.8) is 0 Å². The first-order chi connectivity index (χ1) is 12.6. The van der Waals surface area contributed by atoms with Crippen molar-refractivity contribution >= 4 is 58.0 Å². The molecule has 0 spiro atoms. The van der Waals surface area contributed by atoms with Crippen molar-refractivity contribution in [2.24, 2.45) is 10.2 Å². The Labute approximate surface area is 163 Å². The first kappa shape index (κ1) is 19.5. The van der Waals surface area contributed by atoms with Gasteiger partial charge in [-0.05, 0) is 55.6 Å². The van der Waals surface area contributed by atoms with Gasteiger partial charge >= 0.3 is 0 Å². The summed E-state index contributed by atoms with van der Waals surface area (Å²) < 4.78 is 0. The molecule has 0 saturated heterocycles. The van der Waals surface area contributed by atoms with Crippen LogP contribution in [0, 0.1) is 0 Å². The number of nitrogens with zero attached hydrogens (tertiary/aromatic N) is 2. The number of thiocarbonyl (C=S) groups is 2. The Morgan fingerprint density at radius 1 is 0.846 bits per heavy atom. The summed E-state index contributed by atoms with van der Waals surface area (Å²) in [7, 11) is 0. The second kappa shape index (κ2) is 10.9. The molecule has 0 amide bonds. The van der Waals surface area contributed by atoms with Crippen molar-refractivity contribution in [3.8, 4) is 0 Å². The number of anilines is 2. The normalized spacial score (nSPS) is 11.0. The summed E-state index contributed by atoms with van der Waals surface area (Å²) in [5, 5.41) is 15.2. The first-order valence-electron chi connectivity index (χ1n) is 7.92. The molecule has 0 aliphatic carbocycles. The molecule has 0 fully saturated rings. The third-order valence-corrected chi connectivity index (χ3v) is 3.44. The Hall–Kier alpha value is -2.84. The zero-order valence-electron chi connectivity index (χ0n) is 14.3. The van der Waals surface area contributed by atoms with Crippen molar-refractivity contribution in [1.82, 2.24) is 10.9 Å². The van der Waals surface area contributed by atoms with Crippen LogP contribution < -0.4 is 21.5 Å². The van der Waals surface area contributed by atoms with Crippen LogP contribution >= 0.6 is 24.4 Å². The van der Waals surface area contributed by atoms with Crippen molar-refractivity contribution in [2.75, 3.05) is 10.6 Å². The van der Waals surface area contributed by atoms with E-state index in [0.717, 1.165) is 17.1 Å². The van der Waals surface area contributed by atoms with Gasteiger partial charge in [-0.1, -0.05) is 36.4 Å². The summed E-state index contributed by atoms with van der Waals surface area (Å²) in [5.74, 6) is 0. The van der Waals surface area contributed by atoms with Gasteiger partial charge in [0.2, 0.25) is 0 Å². The van der Waals surface area contributed by atoms with Gasteiger partial charge in [-0.15, -0.1) is 0 Å². The Balaban J connectivity index is 1.67. The van der Waals surface area contributed by atoms with Gasteiger partial charge in [0.05, 0.1) is 0 Å². The molecule has 6 nitrogen and oxygen atoms in total. The molecule has 2 aromatic rings. The van der Waals surface area contributed by atoms with E-state index in [1.165, 1.54) is 0 Å². The van der Waals surface area contributed by atoms with Gasteiger partial charge in [-0.25, -0.2) is 0 Å². The molecule has 0 aliphatic heterocycles. The van der Waals surface area contributed by atoms with Crippen LogP contribution in [0.1, 0.15) is 13.3 Å². The van der Waals surface area contributed by atoms with E-state index in [9.17, 15) is 0 Å². The van der Waals surface area contributed by atoms with E-state index < -0.39 is 0 Å². The lowest BCUT2D eigenvalue weighted by Crippen LogP contribution is -2.25. The van der Waals surface area contributed by atoms with Crippen LogP contribution in [0.2, 0.25) is 0 Å². The minimum atomic E-state index is 0.424. The van der Waals surface area contributed by atoms with Crippen LogP contribution in [0.3, 0.4) is 0 Å². The largest absolute Gasteiger partial charge is 0.331 e. The molecule has 8 heteroatoms. The van der Waals surface area contributed by atoms with Crippen molar-refractivity contribution in [1.29, 1.82) is 0 Å². The molecule has 4 N–H and O–H groups in total. The number of para-hydroxylation sites is 2. The van der Waals surface area contributed by atoms with E-state index in [2.05, 4.69) is 31.7 Å². The van der Waals surface area contributed by atoms with Crippen molar-refractivity contribution in [3.05, 3.63) is 60.7 Å². The fourth-order valence-electron chi connectivity index (χ4n) is 1.83. The standard InChI is InChI=1S/C18H20N6S2/c1-14(22-24-18(26)21-16-10-6-3-7-11-16)12-13-19-23-17(25)20-15-8-4-2-5-9-15/h2-11,13H,12H2,1H3,(H2,20,23,25)(H2,21,24,26)/b19-13+,22-14+. The Morgan fingerprint density at radius 3 is 1.88 bits per heavy atom. The number of hydrogen-bond acceptors (Lipinski definition) is 4. The van der Waals surface area contributed by atoms with E-state index in [0.29, 0.717) is 16.6 Å². The highest BCUT2D eigenvalue weighted by atomic mass is 32.1. The quantitative estimate of drug-likeness (QED) is 0.346. The van der Waals surface area contributed by atoms with Crippen LogP contribution in [0.25, 0.3) is 0 Å². The van der Waals surface area contributed by atoms with Crippen LogP contribution in [-0.4, -0.2) is 22.2 Å². The zero-order valence-corrected chi connectivity index (χ0v) is 15.9. The summed E-state index contributed by atoms with van der Waals surface area (Å²) >= 11 is 10.3. The van der Waals surface area contributed by atoms with Crippen molar-refractivity contribution in [2.45, 2.75) is 13.3 Å². The third kappa shape index (κ3) is 7.82. The van der Waals surface area contributed by atoms with E-state index in [-0.39, 0.29) is 0 Å². The minimum Gasteiger partial charge on any atom is -0.331 e. The second-order valence-corrected chi connectivity index (χ2v) is 6.04. The molecule has 0 bridgehead atoms. The summed E-state index contributed by atoms with van der Waals surface area (Å²) in [5.41, 5.74) is 8.20. The van der Waals surface area contributed by atoms with Gasteiger partial charge in [-0.3, -0.25) is 10.9 Å². The van der Waals surface area contributed by atoms with Gasteiger partial charge in [-0.2, -0.15) is 10.2 Å². The van der Waals surface area contributed by atoms with Crippen LogP contribution in [0.15, 0.2) is 70.9 Å². The van der Waals surface area contributed by atoms with E-state index in [4.69, 9.17) is 24.4 Å². The predicted octanol–water partition coefficient (Wildman–Crippen LogP) is 3.71. The molecule has 2 aromatic carbocycles. The van der Waals surface area contributed by atoms with Crippen LogP contribution in [0.5, 0.6) is 0 Å². The van der Waals surface area contributed by atoms with Gasteiger partial charge in [0.1, 0.15) is 0 Å². The maximum absolute atomic E-state index is 5.19. The topological polar surface area (TPSA) is 72.8 Å². The molecule has 0 heterocycles. The predicted molar refractivity (Wildman–Crippen MR) is 118 cm³/mol. The number of hydrogen-bond donors (Lipinski definition) is 4. The molecule has 26 heavy (non-hydrogen) atoms. The second-order valence-electron chi connectivity index (χ2n) is 5.23. The fraction of sp³-hybridized carbons (Fsp3) is 0.111. The molecule has 0 aromatic heterocycles. The van der Waals surface area contributed by atoms with Crippen molar-refractivity contribution < 1.29 is 0 Å². The smallest absolute Gasteiger partial charge is 0.191 e. The van der Waals surface area contributed by atoms with Gasteiger partial charge < -0.3 is 10.6 Å². The third-order valence-electron chi connectivity index (χ3n) is 3.06. The highest BCUT2D eigenvalue weighted by Crippen LogP contribution is 2.05. The molecular weight excluding hydrogens is 364 g/mol. The number of nitrogens with one attached hydrogen (secondary N) is 4. The lowest BCUT2D eigenvalue weighted by Gasteiger charge is -2.07. The molecule has 2 rings (SSSR count). The Bertz CT molecular complexity index is 775. The molecule has 0 radical (unpaired) electrons. The van der Waals surface area contributed by atoms with Gasteiger partial charge in [0, 0.05) is 29.7 Å². The van der Waals surface area contributed by atoms with E-state index >= 15 is 0 Å². The zero-order chi connectivity index (χ0) is 18.6. The van der Waals surface area contributed by atoms with Gasteiger partial charge in [0.15, 0.2) is 10.2 Å². The minimum absolute atomic E-state index is 0.424. The maximum atomic E-state index is 5.19. The lowest BCUT2D eigenvalue weighted by molar-refractivity contribution is 1.02. The number of rotatable bonds is 6. The van der Waals surface area contributed by atoms with E-state index in [1.807, 2.05) is 67.6 Å². The molecular formula is C18H20N6S2. The molecule has 134 valence electrons. The molecule has 0 saturated carbocycles. The van der Waals surface area contributed by atoms with Gasteiger partial charge in [0.25, 0.3) is 0 Å². The lowest BCUT2D eigenvalue weighted by atomic mass is 10.3. The summed E-state index contributed by atoms with van der Waals surface area (Å²) in [4.78, 5) is 0. The summed E-state index contributed by atoms with van der Waals surface area (Å²) in [6, 6.07) is 19.3. The summed E-state index contributed by atoms with van der Waals surface area (Å²) in [6.45, 7) is 1.88. The Kier molecular flexibility index (Phi) is 8.17. The SMILES string of the molecule is C/C(C/C=N/NC(=S)Nc1ccccc1)=N\NC(=S)Nc1ccccc1. The van der Waals surface area contributed by atoms with E-state index in [1.54, 1.807) is 6.21 Å². The first-order valence-corrected chi connectivity index (χ1v) is 8.74. The summed E-state index contributed by atoms with van der Waals surface area (Å²) in [6.07, 6.45) is 2.25. The molecule has 0 atom stereocenters. The maximum Gasteiger partial charge on any atom is 0.191 e. The highest BCUT2D eigenvalue weighted by Gasteiger charge is 1.96.